The molecule has 1 heterocycles. The van der Waals surface area contributed by atoms with Crippen LogP contribution in [0.25, 0.3) is 0 Å². The van der Waals surface area contributed by atoms with Crippen LogP contribution in [0.1, 0.15) is 36.7 Å². The highest BCUT2D eigenvalue weighted by Crippen LogP contribution is 2.34. The fourth-order valence-corrected chi connectivity index (χ4v) is 4.27. The highest BCUT2D eigenvalue weighted by atomic mass is 35.5. The van der Waals surface area contributed by atoms with E-state index in [4.69, 9.17) is 16.3 Å². The number of halogens is 1. The molecule has 31 heavy (non-hydrogen) atoms. The van der Waals surface area contributed by atoms with Crippen LogP contribution in [-0.2, 0) is 16.0 Å². The van der Waals surface area contributed by atoms with Gasteiger partial charge < -0.3 is 15.4 Å². The number of aryl methyl sites for hydroxylation is 1. The third-order valence-electron chi connectivity index (χ3n) is 4.55. The van der Waals surface area contributed by atoms with Gasteiger partial charge in [0.2, 0.25) is 5.91 Å². The summed E-state index contributed by atoms with van der Waals surface area (Å²) < 4.78 is 4.87. The van der Waals surface area contributed by atoms with Crippen molar-refractivity contribution >= 4 is 51.4 Å². The Kier molecular flexibility index (Phi) is 7.09. The molecule has 0 saturated heterocycles. The summed E-state index contributed by atoms with van der Waals surface area (Å²) in [6.07, 6.45) is 0.0968. The number of thiophene rings is 1. The minimum atomic E-state index is -0.620. The molecule has 0 fully saturated rings. The lowest BCUT2D eigenvalue weighted by Crippen LogP contribution is -2.16. The second-order valence-electron chi connectivity index (χ2n) is 6.93. The van der Waals surface area contributed by atoms with Gasteiger partial charge in [0, 0.05) is 10.7 Å². The lowest BCUT2D eigenvalue weighted by Gasteiger charge is -2.06. The Hall–Kier alpha value is -3.16. The highest BCUT2D eigenvalue weighted by Gasteiger charge is 2.26. The summed E-state index contributed by atoms with van der Waals surface area (Å²) >= 11 is 6.91. The average Bonchev–Trinajstić information content (AvgIpc) is 3.05. The fraction of sp³-hybridized carbons (Fsp3) is 0.174. The molecule has 0 aliphatic carbocycles. The van der Waals surface area contributed by atoms with Crippen molar-refractivity contribution < 1.29 is 19.1 Å². The van der Waals surface area contributed by atoms with Gasteiger partial charge in [0.25, 0.3) is 5.91 Å². The molecule has 0 saturated carbocycles. The molecule has 160 valence electrons. The molecular formula is C23H21ClN2O4S. The van der Waals surface area contributed by atoms with E-state index in [1.807, 2.05) is 25.1 Å². The number of nitrogens with one attached hydrogen (secondary N) is 2. The maximum Gasteiger partial charge on any atom is 0.341 e. The fourth-order valence-electron chi connectivity index (χ4n) is 3.04. The van der Waals surface area contributed by atoms with Crippen molar-refractivity contribution in [2.45, 2.75) is 20.3 Å². The summed E-state index contributed by atoms with van der Waals surface area (Å²) in [5.41, 5.74) is 3.04. The lowest BCUT2D eigenvalue weighted by molar-refractivity contribution is -0.115. The predicted molar refractivity (Wildman–Crippen MR) is 123 cm³/mol. The first-order valence-corrected chi connectivity index (χ1v) is 10.6. The number of hydrogen-bond donors (Lipinski definition) is 2. The van der Waals surface area contributed by atoms with Crippen LogP contribution >= 0.6 is 22.9 Å². The zero-order valence-corrected chi connectivity index (χ0v) is 18.8. The van der Waals surface area contributed by atoms with Crippen molar-refractivity contribution in [1.82, 2.24) is 0 Å². The third-order valence-corrected chi connectivity index (χ3v) is 6.01. The van der Waals surface area contributed by atoms with Crippen molar-refractivity contribution in [3.63, 3.8) is 0 Å². The molecule has 2 aromatic carbocycles. The Balaban J connectivity index is 1.85. The monoisotopic (exact) mass is 456 g/mol. The molecule has 2 amide bonds. The van der Waals surface area contributed by atoms with E-state index in [1.165, 1.54) is 7.11 Å². The molecule has 3 rings (SSSR count). The van der Waals surface area contributed by atoms with Gasteiger partial charge in [0.15, 0.2) is 0 Å². The van der Waals surface area contributed by atoms with Crippen LogP contribution in [-0.4, -0.2) is 24.9 Å². The van der Waals surface area contributed by atoms with E-state index in [0.717, 1.165) is 22.5 Å². The van der Waals surface area contributed by atoms with E-state index < -0.39 is 5.97 Å². The van der Waals surface area contributed by atoms with Gasteiger partial charge in [-0.1, -0.05) is 35.9 Å². The first kappa shape index (κ1) is 22.5. The standard InChI is InChI=1S/C23H21ClN2O4S/c1-13-5-4-6-17(11-13)25-21(28)20-14(2)19(23(29)30-3)22(31-20)26-18(27)12-15-7-9-16(24)10-8-15/h4-11H,12H2,1-3H3,(H,25,28)(H,26,27). The minimum Gasteiger partial charge on any atom is -0.465 e. The van der Waals surface area contributed by atoms with E-state index in [-0.39, 0.29) is 28.8 Å². The van der Waals surface area contributed by atoms with Crippen LogP contribution in [0.3, 0.4) is 0 Å². The van der Waals surface area contributed by atoms with Crippen LogP contribution in [0.5, 0.6) is 0 Å². The molecule has 0 atom stereocenters. The number of carbonyl (C=O) groups excluding carboxylic acids is 3. The van der Waals surface area contributed by atoms with Crippen molar-refractivity contribution in [2.75, 3.05) is 17.7 Å². The zero-order chi connectivity index (χ0) is 22.5. The van der Waals surface area contributed by atoms with Crippen molar-refractivity contribution in [2.24, 2.45) is 0 Å². The topological polar surface area (TPSA) is 84.5 Å². The van der Waals surface area contributed by atoms with Gasteiger partial charge in [-0.15, -0.1) is 11.3 Å². The Morgan fingerprint density at radius 3 is 2.39 bits per heavy atom. The van der Waals surface area contributed by atoms with E-state index >= 15 is 0 Å². The van der Waals surface area contributed by atoms with Crippen molar-refractivity contribution in [3.05, 3.63) is 80.7 Å². The first-order chi connectivity index (χ1) is 14.8. The molecule has 0 spiro atoms. The van der Waals surface area contributed by atoms with Gasteiger partial charge in [-0.05, 0) is 54.8 Å². The van der Waals surface area contributed by atoms with Gasteiger partial charge in [0.05, 0.1) is 24.0 Å². The number of amides is 2. The average molecular weight is 457 g/mol. The number of methoxy groups -OCH3 is 1. The van der Waals surface area contributed by atoms with E-state index in [0.29, 0.717) is 21.2 Å². The molecule has 8 heteroatoms. The quantitative estimate of drug-likeness (QED) is 0.497. The maximum atomic E-state index is 12.9. The van der Waals surface area contributed by atoms with E-state index in [2.05, 4.69) is 10.6 Å². The molecule has 3 aromatic rings. The number of anilines is 2. The van der Waals surface area contributed by atoms with Crippen LogP contribution < -0.4 is 10.6 Å². The largest absolute Gasteiger partial charge is 0.465 e. The number of rotatable bonds is 6. The zero-order valence-electron chi connectivity index (χ0n) is 17.2. The van der Waals surface area contributed by atoms with Gasteiger partial charge >= 0.3 is 5.97 Å². The second kappa shape index (κ2) is 9.76. The predicted octanol–water partition coefficient (Wildman–Crippen LogP) is 5.24. The molecule has 0 unspecified atom stereocenters. The molecule has 0 bridgehead atoms. The Bertz CT molecular complexity index is 1140. The van der Waals surface area contributed by atoms with Gasteiger partial charge in [0.1, 0.15) is 5.00 Å². The molecular weight excluding hydrogens is 436 g/mol. The Morgan fingerprint density at radius 2 is 1.74 bits per heavy atom. The van der Waals surface area contributed by atoms with Crippen LogP contribution in [0.4, 0.5) is 10.7 Å². The number of esters is 1. The van der Waals surface area contributed by atoms with Gasteiger partial charge in [-0.3, -0.25) is 9.59 Å². The molecule has 6 nitrogen and oxygen atoms in total. The van der Waals surface area contributed by atoms with Gasteiger partial charge in [-0.2, -0.15) is 0 Å². The third kappa shape index (κ3) is 5.51. The lowest BCUT2D eigenvalue weighted by atomic mass is 10.1. The summed E-state index contributed by atoms with van der Waals surface area (Å²) in [6.45, 7) is 3.58. The maximum absolute atomic E-state index is 12.9. The van der Waals surface area contributed by atoms with E-state index in [1.54, 1.807) is 37.3 Å². The second-order valence-corrected chi connectivity index (χ2v) is 8.38. The molecule has 0 aliphatic heterocycles. The summed E-state index contributed by atoms with van der Waals surface area (Å²) in [5.74, 6) is -1.30. The Labute approximate surface area is 189 Å². The number of hydrogen-bond acceptors (Lipinski definition) is 5. The molecule has 0 aliphatic rings. The smallest absolute Gasteiger partial charge is 0.341 e. The Morgan fingerprint density at radius 1 is 1.03 bits per heavy atom. The summed E-state index contributed by atoms with van der Waals surface area (Å²) in [4.78, 5) is 38.1. The normalized spacial score (nSPS) is 10.5. The van der Waals surface area contributed by atoms with Crippen molar-refractivity contribution in [1.29, 1.82) is 0 Å². The van der Waals surface area contributed by atoms with Gasteiger partial charge in [-0.25, -0.2) is 4.79 Å². The number of ether oxygens (including phenoxy) is 1. The summed E-state index contributed by atoms with van der Waals surface area (Å²) in [6, 6.07) is 14.3. The van der Waals surface area contributed by atoms with Crippen LogP contribution in [0.2, 0.25) is 5.02 Å². The highest BCUT2D eigenvalue weighted by molar-refractivity contribution is 7.18. The molecule has 2 N–H and O–H groups in total. The summed E-state index contributed by atoms with van der Waals surface area (Å²) in [5, 5.41) is 6.43. The number of benzene rings is 2. The first-order valence-electron chi connectivity index (χ1n) is 9.42. The number of carbonyl (C=O) groups is 3. The van der Waals surface area contributed by atoms with E-state index in [9.17, 15) is 14.4 Å². The summed E-state index contributed by atoms with van der Waals surface area (Å²) in [7, 11) is 1.26. The molecule has 1 aromatic heterocycles. The van der Waals surface area contributed by atoms with Crippen LogP contribution in [0.15, 0.2) is 48.5 Å². The molecule has 0 radical (unpaired) electrons. The van der Waals surface area contributed by atoms with Crippen molar-refractivity contribution in [3.8, 4) is 0 Å². The minimum absolute atomic E-state index is 0.0968. The SMILES string of the molecule is COC(=O)c1c(NC(=O)Cc2ccc(Cl)cc2)sc(C(=O)Nc2cccc(C)c2)c1C. The van der Waals surface area contributed by atoms with Crippen LogP contribution in [0, 0.1) is 13.8 Å².